The highest BCUT2D eigenvalue weighted by molar-refractivity contribution is 5.76. The standard InChI is InChI=1S/C12H11N5O/c1-8-10(7-18)17-12(14-8)16(2)11(15-17)9-5-3-4-6-13-9/h3-7H,1-2H3. The Kier molecular flexibility index (Phi) is 2.22. The molecule has 3 aromatic rings. The summed E-state index contributed by atoms with van der Waals surface area (Å²) in [7, 11) is 1.85. The molecule has 3 aromatic heterocycles. The normalized spacial score (nSPS) is 11.0. The molecule has 6 nitrogen and oxygen atoms in total. The van der Waals surface area contributed by atoms with E-state index >= 15 is 0 Å². The molecule has 0 aromatic carbocycles. The third-order valence-corrected chi connectivity index (χ3v) is 2.87. The Balaban J connectivity index is 2.30. The highest BCUT2D eigenvalue weighted by Gasteiger charge is 2.17. The minimum atomic E-state index is 0.475. The maximum absolute atomic E-state index is 11.0. The van der Waals surface area contributed by atoms with Crippen molar-refractivity contribution in [3.63, 3.8) is 0 Å². The van der Waals surface area contributed by atoms with E-state index in [4.69, 9.17) is 0 Å². The monoisotopic (exact) mass is 241 g/mol. The SMILES string of the molecule is Cc1nc2n(C)c(-c3ccccn3)nn2c1C=O. The highest BCUT2D eigenvalue weighted by atomic mass is 16.1. The fourth-order valence-corrected chi connectivity index (χ4v) is 1.94. The van der Waals surface area contributed by atoms with E-state index in [9.17, 15) is 4.79 Å². The molecular formula is C12H11N5O. The molecule has 0 fully saturated rings. The smallest absolute Gasteiger partial charge is 0.233 e. The molecule has 6 heteroatoms. The van der Waals surface area contributed by atoms with Gasteiger partial charge in [0.2, 0.25) is 5.78 Å². The lowest BCUT2D eigenvalue weighted by molar-refractivity contribution is 0.111. The molecule has 0 spiro atoms. The largest absolute Gasteiger partial charge is 0.296 e. The van der Waals surface area contributed by atoms with Gasteiger partial charge in [-0.25, -0.2) is 4.98 Å². The van der Waals surface area contributed by atoms with E-state index in [2.05, 4.69) is 15.1 Å². The van der Waals surface area contributed by atoms with Crippen LogP contribution in [0, 0.1) is 6.92 Å². The maximum atomic E-state index is 11.0. The van der Waals surface area contributed by atoms with Gasteiger partial charge in [-0.1, -0.05) is 6.07 Å². The van der Waals surface area contributed by atoms with Gasteiger partial charge < -0.3 is 0 Å². The lowest BCUT2D eigenvalue weighted by Crippen LogP contribution is -1.96. The Labute approximate surface area is 103 Å². The number of aromatic nitrogens is 5. The van der Waals surface area contributed by atoms with Crippen LogP contribution in [0.1, 0.15) is 16.2 Å². The Morgan fingerprint density at radius 1 is 1.33 bits per heavy atom. The first kappa shape index (κ1) is 10.6. The summed E-state index contributed by atoms with van der Waals surface area (Å²) in [5.74, 6) is 1.32. The zero-order chi connectivity index (χ0) is 12.7. The Morgan fingerprint density at radius 2 is 2.17 bits per heavy atom. The predicted octanol–water partition coefficient (Wildman–Crippen LogP) is 1.25. The van der Waals surface area contributed by atoms with Crippen molar-refractivity contribution in [1.29, 1.82) is 0 Å². The van der Waals surface area contributed by atoms with Gasteiger partial charge in [-0.15, -0.1) is 5.10 Å². The van der Waals surface area contributed by atoms with E-state index in [-0.39, 0.29) is 0 Å². The molecule has 0 aliphatic carbocycles. The Hall–Kier alpha value is -2.50. The van der Waals surface area contributed by atoms with Crippen LogP contribution in [0.25, 0.3) is 17.3 Å². The van der Waals surface area contributed by atoms with Gasteiger partial charge in [0.15, 0.2) is 12.1 Å². The Bertz CT molecular complexity index is 726. The van der Waals surface area contributed by atoms with Crippen LogP contribution in [0.3, 0.4) is 0 Å². The molecule has 0 radical (unpaired) electrons. The van der Waals surface area contributed by atoms with Crippen molar-refractivity contribution in [2.75, 3.05) is 0 Å². The van der Waals surface area contributed by atoms with E-state index in [0.717, 1.165) is 12.0 Å². The first-order valence-corrected chi connectivity index (χ1v) is 5.51. The summed E-state index contributed by atoms with van der Waals surface area (Å²) >= 11 is 0. The van der Waals surface area contributed by atoms with Crippen LogP contribution in [-0.2, 0) is 7.05 Å². The number of hydrogen-bond acceptors (Lipinski definition) is 4. The minimum absolute atomic E-state index is 0.475. The van der Waals surface area contributed by atoms with Crippen LogP contribution < -0.4 is 0 Å². The van der Waals surface area contributed by atoms with Crippen LogP contribution >= 0.6 is 0 Å². The summed E-state index contributed by atoms with van der Waals surface area (Å²) < 4.78 is 3.37. The van der Waals surface area contributed by atoms with Crippen molar-refractivity contribution >= 4 is 12.1 Å². The fourth-order valence-electron chi connectivity index (χ4n) is 1.94. The van der Waals surface area contributed by atoms with Crippen molar-refractivity contribution in [2.24, 2.45) is 7.05 Å². The van der Waals surface area contributed by atoms with Crippen molar-refractivity contribution in [2.45, 2.75) is 6.92 Å². The molecule has 0 saturated heterocycles. The summed E-state index contributed by atoms with van der Waals surface area (Å²) in [6, 6.07) is 5.61. The number of pyridine rings is 1. The second-order valence-electron chi connectivity index (χ2n) is 4.01. The summed E-state index contributed by atoms with van der Waals surface area (Å²) in [5, 5.41) is 4.40. The Morgan fingerprint density at radius 3 is 2.83 bits per heavy atom. The van der Waals surface area contributed by atoms with Crippen molar-refractivity contribution in [1.82, 2.24) is 24.1 Å². The molecule has 90 valence electrons. The minimum Gasteiger partial charge on any atom is -0.296 e. The number of carbonyl (C=O) groups is 1. The number of imidazole rings is 1. The molecule has 0 bridgehead atoms. The fraction of sp³-hybridized carbons (Fsp3) is 0.167. The summed E-state index contributed by atoms with van der Waals surface area (Å²) in [6.45, 7) is 1.79. The zero-order valence-corrected chi connectivity index (χ0v) is 10.0. The molecule has 18 heavy (non-hydrogen) atoms. The van der Waals surface area contributed by atoms with E-state index in [1.54, 1.807) is 17.6 Å². The topological polar surface area (TPSA) is 65.1 Å². The van der Waals surface area contributed by atoms with Crippen LogP contribution in [0.2, 0.25) is 0 Å². The molecule has 0 saturated carbocycles. The lowest BCUT2D eigenvalue weighted by Gasteiger charge is -1.98. The van der Waals surface area contributed by atoms with Gasteiger partial charge >= 0.3 is 0 Å². The summed E-state index contributed by atoms with van der Waals surface area (Å²) in [5.41, 5.74) is 1.90. The van der Waals surface area contributed by atoms with Crippen LogP contribution in [-0.4, -0.2) is 30.4 Å². The zero-order valence-electron chi connectivity index (χ0n) is 10.0. The van der Waals surface area contributed by atoms with Crippen LogP contribution in [0.4, 0.5) is 0 Å². The molecule has 0 atom stereocenters. The third kappa shape index (κ3) is 1.35. The van der Waals surface area contributed by atoms with Crippen molar-refractivity contribution in [3.8, 4) is 11.5 Å². The average Bonchev–Trinajstić information content (AvgIpc) is 2.87. The van der Waals surface area contributed by atoms with Gasteiger partial charge in [0.05, 0.1) is 5.69 Å². The first-order chi connectivity index (χ1) is 8.72. The third-order valence-electron chi connectivity index (χ3n) is 2.87. The van der Waals surface area contributed by atoms with E-state index in [1.165, 1.54) is 0 Å². The quantitative estimate of drug-likeness (QED) is 0.633. The molecule has 0 aliphatic rings. The molecule has 0 amide bonds. The number of aldehydes is 1. The summed E-state index contributed by atoms with van der Waals surface area (Å²) in [4.78, 5) is 19.6. The van der Waals surface area contributed by atoms with Gasteiger partial charge in [0.25, 0.3) is 0 Å². The van der Waals surface area contributed by atoms with Gasteiger partial charge in [0, 0.05) is 13.2 Å². The molecular weight excluding hydrogens is 230 g/mol. The number of carbonyl (C=O) groups excluding carboxylic acids is 1. The van der Waals surface area contributed by atoms with Crippen molar-refractivity contribution in [3.05, 3.63) is 35.8 Å². The molecule has 0 unspecified atom stereocenters. The van der Waals surface area contributed by atoms with Crippen LogP contribution in [0.5, 0.6) is 0 Å². The molecule has 0 aliphatic heterocycles. The van der Waals surface area contributed by atoms with Crippen LogP contribution in [0.15, 0.2) is 24.4 Å². The number of nitrogens with zero attached hydrogens (tertiary/aromatic N) is 5. The van der Waals surface area contributed by atoms with Crippen molar-refractivity contribution < 1.29 is 4.79 Å². The molecule has 3 heterocycles. The highest BCUT2D eigenvalue weighted by Crippen LogP contribution is 2.18. The van der Waals surface area contributed by atoms with Gasteiger partial charge in [0.1, 0.15) is 11.4 Å². The number of hydrogen-bond donors (Lipinski definition) is 0. The number of rotatable bonds is 2. The second-order valence-corrected chi connectivity index (χ2v) is 4.01. The number of aryl methyl sites for hydroxylation is 2. The summed E-state index contributed by atoms with van der Waals surface area (Å²) in [6.07, 6.45) is 2.48. The van der Waals surface area contributed by atoms with E-state index in [0.29, 0.717) is 23.0 Å². The first-order valence-electron chi connectivity index (χ1n) is 5.51. The van der Waals surface area contributed by atoms with Gasteiger partial charge in [-0.05, 0) is 19.1 Å². The van der Waals surface area contributed by atoms with E-state index < -0.39 is 0 Å². The van der Waals surface area contributed by atoms with Gasteiger partial charge in [-0.3, -0.25) is 14.3 Å². The van der Waals surface area contributed by atoms with E-state index in [1.807, 2.05) is 29.8 Å². The second kappa shape index (κ2) is 3.76. The lowest BCUT2D eigenvalue weighted by atomic mass is 10.3. The molecule has 0 N–H and O–H groups in total. The average molecular weight is 241 g/mol. The number of fused-ring (bicyclic) bond motifs is 1. The van der Waals surface area contributed by atoms with Gasteiger partial charge in [-0.2, -0.15) is 4.52 Å². The maximum Gasteiger partial charge on any atom is 0.233 e. The molecule has 3 rings (SSSR count). The predicted molar refractivity (Wildman–Crippen MR) is 65.3 cm³/mol.